The topological polar surface area (TPSA) is 102 Å². The van der Waals surface area contributed by atoms with E-state index in [9.17, 15) is 19.8 Å². The van der Waals surface area contributed by atoms with Crippen molar-refractivity contribution in [3.8, 4) is 0 Å². The third-order valence-electron chi connectivity index (χ3n) is 9.89. The summed E-state index contributed by atoms with van der Waals surface area (Å²) in [4.78, 5) is 25.9. The molecule has 5 aliphatic rings. The molecular weight excluding hydrogens is 388 g/mol. The second-order valence-corrected chi connectivity index (χ2v) is 10.8. The van der Waals surface area contributed by atoms with Gasteiger partial charge >= 0.3 is 5.97 Å². The van der Waals surface area contributed by atoms with E-state index < -0.39 is 40.8 Å². The molecule has 5 fully saturated rings. The van der Waals surface area contributed by atoms with Crippen LogP contribution in [0.5, 0.6) is 0 Å². The first-order valence-electron chi connectivity index (χ1n) is 11.4. The summed E-state index contributed by atoms with van der Waals surface area (Å²) in [5.41, 5.74) is -1.99. The van der Waals surface area contributed by atoms with Crippen molar-refractivity contribution in [2.75, 3.05) is 13.7 Å². The molecule has 0 amide bonds. The zero-order valence-electron chi connectivity index (χ0n) is 18.3. The number of carbonyl (C=O) groups excluding carboxylic acids is 2. The Morgan fingerprint density at radius 1 is 1.23 bits per heavy atom. The summed E-state index contributed by atoms with van der Waals surface area (Å²) in [6.45, 7) is 5.68. The van der Waals surface area contributed by atoms with E-state index in [2.05, 4.69) is 6.92 Å². The zero-order chi connectivity index (χ0) is 21.6. The molecule has 0 unspecified atom stereocenters. The fraction of sp³-hybridized carbons (Fsp3) is 0.913. The molecule has 1 heterocycles. The molecule has 0 aromatic heterocycles. The van der Waals surface area contributed by atoms with Gasteiger partial charge in [-0.05, 0) is 37.5 Å². The molecule has 0 aromatic carbocycles. The lowest BCUT2D eigenvalue weighted by molar-refractivity contribution is -0.344. The van der Waals surface area contributed by atoms with Gasteiger partial charge in [0.05, 0.1) is 24.2 Å². The number of ketones is 1. The van der Waals surface area contributed by atoms with Gasteiger partial charge in [0.1, 0.15) is 11.9 Å². The van der Waals surface area contributed by atoms with Crippen LogP contribution < -0.4 is 0 Å². The Labute approximate surface area is 177 Å². The maximum absolute atomic E-state index is 13.9. The van der Waals surface area contributed by atoms with Crippen molar-refractivity contribution in [1.29, 1.82) is 0 Å². The van der Waals surface area contributed by atoms with E-state index in [1.807, 2.05) is 6.92 Å². The number of hydrogen-bond acceptors (Lipinski definition) is 7. The number of carbonyl (C=O) groups is 2. The van der Waals surface area contributed by atoms with Crippen LogP contribution in [0.3, 0.4) is 0 Å². The number of fused-ring (bicyclic) bond motifs is 1. The molecule has 0 aromatic rings. The predicted molar refractivity (Wildman–Crippen MR) is 105 cm³/mol. The summed E-state index contributed by atoms with van der Waals surface area (Å²) < 4.78 is 17.8. The number of rotatable bonds is 2. The molecule has 168 valence electrons. The van der Waals surface area contributed by atoms with E-state index in [0.29, 0.717) is 19.4 Å². The van der Waals surface area contributed by atoms with Gasteiger partial charge in [0, 0.05) is 36.7 Å². The molecule has 1 saturated heterocycles. The van der Waals surface area contributed by atoms with Gasteiger partial charge in [-0.1, -0.05) is 20.3 Å². The summed E-state index contributed by atoms with van der Waals surface area (Å²) in [6, 6.07) is 0. The van der Waals surface area contributed by atoms with Crippen molar-refractivity contribution in [2.24, 2.45) is 39.9 Å². The SMILES string of the molecule is CO[C@H]1C[C@@H]2[C@@]3(C)CCC[C@@]2(CO[C@H]3O)[C@@H]2[C@@H](OC(C)=O)C[C@@H]3[C@@H](O)[C@@]12C(=O)[C@@H]3C. The Morgan fingerprint density at radius 3 is 2.63 bits per heavy atom. The second kappa shape index (κ2) is 6.50. The maximum Gasteiger partial charge on any atom is 0.302 e. The van der Waals surface area contributed by atoms with Gasteiger partial charge in [0.25, 0.3) is 0 Å². The highest BCUT2D eigenvalue weighted by atomic mass is 16.6. The molecular formula is C23H34O7. The lowest BCUT2D eigenvalue weighted by Crippen LogP contribution is -2.75. The number of esters is 1. The molecule has 4 aliphatic carbocycles. The standard InChI is InChI=1S/C23H34O7/c1-11-13-8-14(30-12(2)24)17-22-7-5-6-21(3,20(27)29-10-22)15(22)9-16(28-4)23(17,18(11)25)19(13)26/h11,13-17,19-20,26-27H,5-10H2,1-4H3/t11-,13+,14+,15-,16+,17+,19-,20-,21-,22+,23+/m1/s1. The van der Waals surface area contributed by atoms with Crippen molar-refractivity contribution in [3.05, 3.63) is 0 Å². The highest BCUT2D eigenvalue weighted by molar-refractivity contribution is 5.92. The van der Waals surface area contributed by atoms with Crippen LogP contribution in [-0.2, 0) is 23.8 Å². The molecule has 11 atom stereocenters. The van der Waals surface area contributed by atoms with Crippen molar-refractivity contribution >= 4 is 11.8 Å². The number of hydrogen-bond donors (Lipinski definition) is 2. The van der Waals surface area contributed by atoms with Gasteiger partial charge in [-0.15, -0.1) is 0 Å². The van der Waals surface area contributed by atoms with E-state index in [4.69, 9.17) is 14.2 Å². The Kier molecular flexibility index (Phi) is 4.52. The van der Waals surface area contributed by atoms with Crippen LogP contribution in [0.1, 0.15) is 52.9 Å². The molecule has 5 rings (SSSR count). The highest BCUT2D eigenvalue weighted by Crippen LogP contribution is 2.73. The third-order valence-corrected chi connectivity index (χ3v) is 9.89. The van der Waals surface area contributed by atoms with E-state index in [-0.39, 0.29) is 35.4 Å². The van der Waals surface area contributed by atoms with Crippen molar-refractivity contribution < 1.29 is 34.0 Å². The molecule has 1 spiro atoms. The smallest absolute Gasteiger partial charge is 0.302 e. The Morgan fingerprint density at radius 2 is 1.97 bits per heavy atom. The first-order valence-corrected chi connectivity index (χ1v) is 11.4. The fourth-order valence-electron chi connectivity index (χ4n) is 8.83. The largest absolute Gasteiger partial charge is 0.462 e. The normalized spacial score (nSPS) is 56.8. The average molecular weight is 423 g/mol. The van der Waals surface area contributed by atoms with Gasteiger partial charge in [-0.25, -0.2) is 0 Å². The molecule has 30 heavy (non-hydrogen) atoms. The molecule has 4 saturated carbocycles. The quantitative estimate of drug-likeness (QED) is 0.653. The summed E-state index contributed by atoms with van der Waals surface area (Å²) in [6.07, 6.45) is 1.02. The van der Waals surface area contributed by atoms with Gasteiger partial charge in [-0.2, -0.15) is 0 Å². The van der Waals surface area contributed by atoms with Crippen LogP contribution >= 0.6 is 0 Å². The number of Topliss-reactive ketones (excluding diaryl/α,β-unsaturated/α-hetero) is 1. The molecule has 0 radical (unpaired) electrons. The molecule has 1 aliphatic heterocycles. The molecule has 7 heteroatoms. The monoisotopic (exact) mass is 422 g/mol. The minimum Gasteiger partial charge on any atom is -0.462 e. The van der Waals surface area contributed by atoms with Gasteiger partial charge in [-0.3, -0.25) is 9.59 Å². The van der Waals surface area contributed by atoms with E-state index in [0.717, 1.165) is 19.3 Å². The summed E-state index contributed by atoms with van der Waals surface area (Å²) in [5, 5.41) is 22.4. The first kappa shape index (κ1) is 20.9. The fourth-order valence-corrected chi connectivity index (χ4v) is 8.83. The minimum atomic E-state index is -1.10. The number of methoxy groups -OCH3 is 1. The second-order valence-electron chi connectivity index (χ2n) is 10.8. The van der Waals surface area contributed by atoms with Crippen molar-refractivity contribution in [2.45, 2.75) is 77.5 Å². The van der Waals surface area contributed by atoms with Gasteiger partial charge in [0.15, 0.2) is 6.29 Å². The van der Waals surface area contributed by atoms with Crippen molar-refractivity contribution in [1.82, 2.24) is 0 Å². The lowest BCUT2D eigenvalue weighted by atomic mass is 9.38. The summed E-state index contributed by atoms with van der Waals surface area (Å²) in [5.74, 6) is -1.19. The van der Waals surface area contributed by atoms with E-state index in [1.54, 1.807) is 7.11 Å². The zero-order valence-corrected chi connectivity index (χ0v) is 18.3. The summed E-state index contributed by atoms with van der Waals surface area (Å²) in [7, 11) is 1.61. The number of aliphatic hydroxyl groups is 2. The highest BCUT2D eigenvalue weighted by Gasteiger charge is 2.79. The van der Waals surface area contributed by atoms with Crippen LogP contribution in [0.25, 0.3) is 0 Å². The van der Waals surface area contributed by atoms with Gasteiger partial charge in [0.2, 0.25) is 0 Å². The molecule has 7 nitrogen and oxygen atoms in total. The van der Waals surface area contributed by atoms with Crippen LogP contribution in [0, 0.1) is 39.9 Å². The third kappa shape index (κ3) is 2.20. The van der Waals surface area contributed by atoms with Crippen LogP contribution in [0.15, 0.2) is 0 Å². The average Bonchev–Trinajstić information content (AvgIpc) is 2.81. The van der Waals surface area contributed by atoms with Gasteiger partial charge < -0.3 is 24.4 Å². The van der Waals surface area contributed by atoms with Crippen LogP contribution in [0.2, 0.25) is 0 Å². The number of ether oxygens (including phenoxy) is 3. The Hall–Kier alpha value is -1.02. The maximum atomic E-state index is 13.9. The molecule has 4 bridgehead atoms. The Balaban J connectivity index is 1.74. The van der Waals surface area contributed by atoms with E-state index in [1.165, 1.54) is 6.92 Å². The lowest BCUT2D eigenvalue weighted by Gasteiger charge is -2.70. The minimum absolute atomic E-state index is 0.0396. The molecule has 2 N–H and O–H groups in total. The van der Waals surface area contributed by atoms with Crippen LogP contribution in [0.4, 0.5) is 0 Å². The van der Waals surface area contributed by atoms with Crippen molar-refractivity contribution in [3.63, 3.8) is 0 Å². The first-order chi connectivity index (χ1) is 14.1. The Bertz CT molecular complexity index is 769. The summed E-state index contributed by atoms with van der Waals surface area (Å²) >= 11 is 0. The predicted octanol–water partition coefficient (Wildman–Crippen LogP) is 1.68. The van der Waals surface area contributed by atoms with Crippen LogP contribution in [-0.4, -0.2) is 60.3 Å². The number of aliphatic hydroxyl groups excluding tert-OH is 2. The van der Waals surface area contributed by atoms with E-state index >= 15 is 0 Å².